The topological polar surface area (TPSA) is 38.7 Å². The van der Waals surface area contributed by atoms with Crippen LogP contribution in [0.1, 0.15) is 0 Å². The molecule has 0 aliphatic rings. The Kier molecular flexibility index (Phi) is 4.64. The van der Waals surface area contributed by atoms with Crippen LogP contribution in [0.25, 0.3) is 65.1 Å². The number of benzene rings is 5. The molecule has 5 aromatic carbocycles. The molecule has 164 valence electrons. The molecule has 0 spiro atoms. The molecule has 0 radical (unpaired) electrons. The van der Waals surface area contributed by atoms with Gasteiger partial charge < -0.3 is 0 Å². The highest BCUT2D eigenvalue weighted by atomic mass is 32.1. The van der Waals surface area contributed by atoms with Crippen LogP contribution >= 0.6 is 11.3 Å². The highest BCUT2D eigenvalue weighted by molar-refractivity contribution is 7.22. The van der Waals surface area contributed by atoms with Gasteiger partial charge in [-0.1, -0.05) is 103 Å². The summed E-state index contributed by atoms with van der Waals surface area (Å²) < 4.78 is 1.16. The monoisotopic (exact) mass is 465 g/mol. The minimum atomic E-state index is 0.732. The number of nitrogens with zero attached hydrogens (tertiary/aromatic N) is 3. The molecule has 4 heteroatoms. The molecule has 0 unspecified atom stereocenters. The number of aromatic nitrogens is 3. The van der Waals surface area contributed by atoms with Gasteiger partial charge in [-0.3, -0.25) is 0 Å². The largest absolute Gasteiger partial charge is 0.236 e. The zero-order valence-electron chi connectivity index (χ0n) is 18.7. The Hall–Kier alpha value is -4.41. The smallest absolute Gasteiger partial charge is 0.161 e. The molecule has 0 atom stereocenters. The molecule has 3 nitrogen and oxygen atoms in total. The normalized spacial score (nSPS) is 11.4. The average Bonchev–Trinajstić information content (AvgIpc) is 3.38. The maximum absolute atomic E-state index is 5.14. The summed E-state index contributed by atoms with van der Waals surface area (Å²) in [7, 11) is 0. The maximum atomic E-state index is 5.14. The standard InChI is InChI=1S/C31H19N3S/c1-3-10-21(11-4-1)28-23-15-7-8-17-25(23)32-30(34-28)24-16-9-14-20-18-19-26-29(27(20)24)35-31(33-26)22-12-5-2-6-13-22/h1-19H. The second-order valence-corrected chi connectivity index (χ2v) is 9.48. The van der Waals surface area contributed by atoms with Crippen LogP contribution in [0.2, 0.25) is 0 Å². The van der Waals surface area contributed by atoms with Crippen LogP contribution in [0.15, 0.2) is 115 Å². The van der Waals surface area contributed by atoms with Gasteiger partial charge in [-0.15, -0.1) is 11.3 Å². The minimum Gasteiger partial charge on any atom is -0.236 e. The van der Waals surface area contributed by atoms with Crippen molar-refractivity contribution in [2.45, 2.75) is 0 Å². The fourth-order valence-electron chi connectivity index (χ4n) is 4.66. The molecule has 0 aliphatic heterocycles. The molecule has 7 rings (SSSR count). The predicted molar refractivity (Wildman–Crippen MR) is 147 cm³/mol. The Bertz CT molecular complexity index is 1840. The van der Waals surface area contributed by atoms with Crippen LogP contribution in [0, 0.1) is 0 Å². The maximum Gasteiger partial charge on any atom is 0.161 e. The number of rotatable bonds is 3. The van der Waals surface area contributed by atoms with E-state index in [1.165, 1.54) is 0 Å². The van der Waals surface area contributed by atoms with Crippen molar-refractivity contribution in [2.24, 2.45) is 0 Å². The molecule has 0 saturated carbocycles. The molecule has 2 heterocycles. The van der Waals surface area contributed by atoms with Gasteiger partial charge in [0, 0.05) is 27.5 Å². The lowest BCUT2D eigenvalue weighted by Crippen LogP contribution is -1.95. The molecule has 0 bridgehead atoms. The van der Waals surface area contributed by atoms with Crippen molar-refractivity contribution in [3.8, 4) is 33.2 Å². The molecular weight excluding hydrogens is 446 g/mol. The molecule has 0 N–H and O–H groups in total. The Morgan fingerprint density at radius 1 is 0.514 bits per heavy atom. The summed E-state index contributed by atoms with van der Waals surface area (Å²) in [6, 6.07) is 39.6. The molecule has 0 fully saturated rings. The van der Waals surface area contributed by atoms with Crippen LogP contribution in [0.5, 0.6) is 0 Å². The fourth-order valence-corrected chi connectivity index (χ4v) is 5.80. The first-order valence-electron chi connectivity index (χ1n) is 11.6. The van der Waals surface area contributed by atoms with E-state index in [0.717, 1.165) is 65.1 Å². The second kappa shape index (κ2) is 8.12. The SMILES string of the molecule is c1ccc(-c2nc3ccc4cccc(-c5nc(-c6ccccc6)c6ccccc6n5)c4c3s2)cc1. The molecule has 0 saturated heterocycles. The quantitative estimate of drug-likeness (QED) is 0.263. The predicted octanol–water partition coefficient (Wildman–Crippen LogP) is 8.39. The summed E-state index contributed by atoms with van der Waals surface area (Å²) in [5.41, 5.74) is 6.13. The van der Waals surface area contributed by atoms with E-state index in [0.29, 0.717) is 0 Å². The van der Waals surface area contributed by atoms with Crippen LogP contribution in [0.3, 0.4) is 0 Å². The Balaban J connectivity index is 1.53. The summed E-state index contributed by atoms with van der Waals surface area (Å²) in [5, 5.41) is 4.39. The summed E-state index contributed by atoms with van der Waals surface area (Å²) >= 11 is 1.73. The highest BCUT2D eigenvalue weighted by Gasteiger charge is 2.17. The van der Waals surface area contributed by atoms with E-state index in [4.69, 9.17) is 15.0 Å². The number of para-hydroxylation sites is 1. The molecule has 2 aromatic heterocycles. The first-order valence-corrected chi connectivity index (χ1v) is 12.4. The fraction of sp³-hybridized carbons (Fsp3) is 0. The zero-order valence-corrected chi connectivity index (χ0v) is 19.5. The lowest BCUT2D eigenvalue weighted by atomic mass is 10.0. The van der Waals surface area contributed by atoms with Gasteiger partial charge in [0.15, 0.2) is 5.82 Å². The van der Waals surface area contributed by atoms with Crippen molar-refractivity contribution in [1.82, 2.24) is 15.0 Å². The number of thiazole rings is 1. The molecule has 7 aromatic rings. The van der Waals surface area contributed by atoms with Crippen LogP contribution in [0.4, 0.5) is 0 Å². The van der Waals surface area contributed by atoms with Gasteiger partial charge in [0.2, 0.25) is 0 Å². The van der Waals surface area contributed by atoms with Crippen molar-refractivity contribution in [1.29, 1.82) is 0 Å². The van der Waals surface area contributed by atoms with Crippen LogP contribution in [-0.2, 0) is 0 Å². The Morgan fingerprint density at radius 3 is 2.09 bits per heavy atom. The van der Waals surface area contributed by atoms with Crippen LogP contribution in [-0.4, -0.2) is 15.0 Å². The van der Waals surface area contributed by atoms with Gasteiger partial charge in [0.1, 0.15) is 5.01 Å². The lowest BCUT2D eigenvalue weighted by molar-refractivity contribution is 1.23. The Labute approximate surface area is 206 Å². The summed E-state index contributed by atoms with van der Waals surface area (Å²) in [5.74, 6) is 0.732. The molecule has 0 amide bonds. The second-order valence-electron chi connectivity index (χ2n) is 8.48. The molecule has 0 aliphatic carbocycles. The summed E-state index contributed by atoms with van der Waals surface area (Å²) in [4.78, 5) is 15.1. The van der Waals surface area contributed by atoms with Crippen molar-refractivity contribution < 1.29 is 0 Å². The van der Waals surface area contributed by atoms with Crippen LogP contribution < -0.4 is 0 Å². The van der Waals surface area contributed by atoms with Gasteiger partial charge >= 0.3 is 0 Å². The van der Waals surface area contributed by atoms with Crippen molar-refractivity contribution in [3.05, 3.63) is 115 Å². The molecular formula is C31H19N3S. The minimum absolute atomic E-state index is 0.732. The van der Waals surface area contributed by atoms with E-state index in [-0.39, 0.29) is 0 Å². The van der Waals surface area contributed by atoms with E-state index in [1.54, 1.807) is 11.3 Å². The first-order chi connectivity index (χ1) is 17.3. The van der Waals surface area contributed by atoms with Crippen molar-refractivity contribution in [3.63, 3.8) is 0 Å². The summed E-state index contributed by atoms with van der Waals surface area (Å²) in [6.07, 6.45) is 0. The third kappa shape index (κ3) is 3.38. The van der Waals surface area contributed by atoms with Crippen molar-refractivity contribution >= 4 is 43.2 Å². The zero-order chi connectivity index (χ0) is 23.2. The van der Waals surface area contributed by atoms with Gasteiger partial charge in [0.05, 0.1) is 21.4 Å². The Morgan fingerprint density at radius 2 is 1.26 bits per heavy atom. The number of hydrogen-bond donors (Lipinski definition) is 0. The van der Waals surface area contributed by atoms with E-state index in [1.807, 2.05) is 24.3 Å². The first kappa shape index (κ1) is 20.0. The third-order valence-corrected chi connectivity index (χ3v) is 7.45. The summed E-state index contributed by atoms with van der Waals surface area (Å²) in [6.45, 7) is 0. The van der Waals surface area contributed by atoms with E-state index in [9.17, 15) is 0 Å². The van der Waals surface area contributed by atoms with E-state index in [2.05, 4.69) is 91.0 Å². The lowest BCUT2D eigenvalue weighted by Gasteiger charge is -2.11. The van der Waals surface area contributed by atoms with E-state index < -0.39 is 0 Å². The third-order valence-electron chi connectivity index (χ3n) is 6.31. The average molecular weight is 466 g/mol. The number of fused-ring (bicyclic) bond motifs is 4. The highest BCUT2D eigenvalue weighted by Crippen LogP contribution is 2.40. The van der Waals surface area contributed by atoms with Gasteiger partial charge in [-0.05, 0) is 17.5 Å². The number of hydrogen-bond acceptors (Lipinski definition) is 4. The van der Waals surface area contributed by atoms with Gasteiger partial charge in [-0.2, -0.15) is 0 Å². The molecule has 35 heavy (non-hydrogen) atoms. The van der Waals surface area contributed by atoms with Gasteiger partial charge in [0.25, 0.3) is 0 Å². The van der Waals surface area contributed by atoms with Gasteiger partial charge in [-0.25, -0.2) is 15.0 Å². The van der Waals surface area contributed by atoms with E-state index >= 15 is 0 Å². The van der Waals surface area contributed by atoms with Crippen molar-refractivity contribution in [2.75, 3.05) is 0 Å².